The molecule has 1 aromatic carbocycles. The zero-order valence-electron chi connectivity index (χ0n) is 13.6. The van der Waals surface area contributed by atoms with Crippen LogP contribution in [0.1, 0.15) is 29.6 Å². The lowest BCUT2D eigenvalue weighted by Crippen LogP contribution is -2.60. The number of ether oxygens (including phenoxy) is 1. The molecule has 136 valence electrons. The van der Waals surface area contributed by atoms with Crippen LogP contribution in [0.5, 0.6) is 0 Å². The maximum Gasteiger partial charge on any atom is 0.251 e. The van der Waals surface area contributed by atoms with Crippen molar-refractivity contribution in [3.05, 3.63) is 34.9 Å². The molecule has 4 atom stereocenters. The molecule has 8 heteroatoms. The fraction of sp³-hybridized carbons (Fsp3) is 0.529. The maximum absolute atomic E-state index is 12.5. The second-order valence-corrected chi connectivity index (χ2v) is 8.48. The van der Waals surface area contributed by atoms with E-state index in [-0.39, 0.29) is 29.9 Å². The Bertz CT molecular complexity index is 702. The van der Waals surface area contributed by atoms with Crippen LogP contribution in [0.3, 0.4) is 0 Å². The van der Waals surface area contributed by atoms with Crippen LogP contribution < -0.4 is 11.1 Å². The van der Waals surface area contributed by atoms with Crippen LogP contribution in [0.4, 0.5) is 0 Å². The number of hydrogen-bond donors (Lipinski definition) is 2. The molecule has 1 aliphatic carbocycles. The highest BCUT2D eigenvalue weighted by molar-refractivity contribution is 8.14. The summed E-state index contributed by atoms with van der Waals surface area (Å²) in [5.74, 6) is 0.341. The molecule has 3 N–H and O–H groups in total. The van der Waals surface area contributed by atoms with E-state index in [1.807, 2.05) is 0 Å². The van der Waals surface area contributed by atoms with Crippen molar-refractivity contribution in [3.8, 4) is 0 Å². The van der Waals surface area contributed by atoms with Crippen LogP contribution >= 0.6 is 35.8 Å². The summed E-state index contributed by atoms with van der Waals surface area (Å²) in [4.78, 5) is 17.2. The van der Waals surface area contributed by atoms with Crippen molar-refractivity contribution in [1.82, 2.24) is 5.32 Å². The van der Waals surface area contributed by atoms with Gasteiger partial charge in [-0.1, -0.05) is 29.4 Å². The Labute approximate surface area is 162 Å². The minimum Gasteiger partial charge on any atom is -0.379 e. The molecule has 4 rings (SSSR count). The van der Waals surface area contributed by atoms with E-state index in [9.17, 15) is 4.79 Å². The van der Waals surface area contributed by atoms with E-state index in [0.717, 1.165) is 19.3 Å². The number of aliphatic imine (C=N–C) groups is 1. The highest BCUT2D eigenvalue weighted by Gasteiger charge is 2.53. The average Bonchev–Trinajstić information content (AvgIpc) is 2.54. The Morgan fingerprint density at radius 1 is 1.48 bits per heavy atom. The van der Waals surface area contributed by atoms with Crippen molar-refractivity contribution >= 4 is 46.8 Å². The molecule has 0 spiro atoms. The van der Waals surface area contributed by atoms with Crippen LogP contribution in [0, 0.1) is 5.92 Å². The van der Waals surface area contributed by atoms with Crippen molar-refractivity contribution in [2.24, 2.45) is 16.6 Å². The third-order valence-electron chi connectivity index (χ3n) is 5.26. The minimum absolute atomic E-state index is 0. The molecule has 1 saturated carbocycles. The standard InChI is InChI=1S/C17H20ClN3O2S.ClH/c18-11-3-1-2-10(6-11)15(22)20-12-4-5-17-9-23-8-14(13(17)7-12)24-16(19)21-17;/h1-3,6,12-14H,4-5,7-9H2,(H2,19,21)(H,20,22);1H/t12-,13+,14+,17-;/m0./s1. The molecular formula is C17H21Cl2N3O2S. The maximum atomic E-state index is 12.5. The monoisotopic (exact) mass is 401 g/mol. The first-order chi connectivity index (χ1) is 11.6. The van der Waals surface area contributed by atoms with Crippen LogP contribution in [0.2, 0.25) is 5.02 Å². The molecule has 2 aliphatic heterocycles. The number of carbonyl (C=O) groups excluding carboxylic acids is 1. The molecule has 2 bridgehead atoms. The predicted octanol–water partition coefficient (Wildman–Crippen LogP) is 2.86. The number of thioether (sulfide) groups is 1. The Morgan fingerprint density at radius 3 is 3.12 bits per heavy atom. The molecular weight excluding hydrogens is 381 g/mol. The van der Waals surface area contributed by atoms with Gasteiger partial charge in [0.2, 0.25) is 0 Å². The van der Waals surface area contributed by atoms with Gasteiger partial charge in [0.1, 0.15) is 0 Å². The topological polar surface area (TPSA) is 76.7 Å². The summed E-state index contributed by atoms with van der Waals surface area (Å²) in [6.45, 7) is 1.35. The van der Waals surface area contributed by atoms with E-state index < -0.39 is 0 Å². The highest BCUT2D eigenvalue weighted by Crippen LogP contribution is 2.48. The first-order valence-electron chi connectivity index (χ1n) is 8.22. The summed E-state index contributed by atoms with van der Waals surface area (Å²) < 4.78 is 5.76. The molecule has 2 heterocycles. The van der Waals surface area contributed by atoms with E-state index in [4.69, 9.17) is 27.1 Å². The van der Waals surface area contributed by atoms with Crippen molar-refractivity contribution < 1.29 is 9.53 Å². The summed E-state index contributed by atoms with van der Waals surface area (Å²) in [5.41, 5.74) is 6.43. The summed E-state index contributed by atoms with van der Waals surface area (Å²) in [6.07, 6.45) is 2.71. The van der Waals surface area contributed by atoms with Gasteiger partial charge in [-0.25, -0.2) is 0 Å². The van der Waals surface area contributed by atoms with Crippen LogP contribution in [0.15, 0.2) is 29.3 Å². The van der Waals surface area contributed by atoms with Gasteiger partial charge >= 0.3 is 0 Å². The first kappa shape index (κ1) is 18.8. The van der Waals surface area contributed by atoms with Crippen molar-refractivity contribution in [1.29, 1.82) is 0 Å². The predicted molar refractivity (Wildman–Crippen MR) is 104 cm³/mol. The Kier molecular flexibility index (Phi) is 5.54. The van der Waals surface area contributed by atoms with Crippen molar-refractivity contribution in [2.45, 2.75) is 36.1 Å². The summed E-state index contributed by atoms with van der Waals surface area (Å²) in [5, 5.41) is 4.76. The zero-order chi connectivity index (χ0) is 16.7. The van der Waals surface area contributed by atoms with E-state index >= 15 is 0 Å². The van der Waals surface area contributed by atoms with Gasteiger partial charge < -0.3 is 15.8 Å². The van der Waals surface area contributed by atoms with E-state index in [2.05, 4.69) is 5.32 Å². The number of nitrogens with zero attached hydrogens (tertiary/aromatic N) is 1. The number of nitrogens with one attached hydrogen (secondary N) is 1. The number of halogens is 2. The molecule has 0 unspecified atom stereocenters. The highest BCUT2D eigenvalue weighted by atomic mass is 35.5. The third-order valence-corrected chi connectivity index (χ3v) is 6.60. The Morgan fingerprint density at radius 2 is 2.32 bits per heavy atom. The fourth-order valence-electron chi connectivity index (χ4n) is 4.12. The normalized spacial score (nSPS) is 33.5. The van der Waals surface area contributed by atoms with Gasteiger partial charge in [-0.3, -0.25) is 9.79 Å². The van der Waals surface area contributed by atoms with Crippen molar-refractivity contribution in [3.63, 3.8) is 0 Å². The number of carbonyl (C=O) groups is 1. The SMILES string of the molecule is Cl.NC1=N[C@]23CC[C@H](NC(=O)c4cccc(Cl)c4)C[C@@H]2[C@@H](COC3)S1. The summed E-state index contributed by atoms with van der Waals surface area (Å²) in [7, 11) is 0. The lowest BCUT2D eigenvalue weighted by molar-refractivity contribution is -0.0211. The van der Waals surface area contributed by atoms with E-state index in [1.54, 1.807) is 36.0 Å². The smallest absolute Gasteiger partial charge is 0.251 e. The van der Waals surface area contributed by atoms with Crippen LogP contribution in [-0.4, -0.2) is 41.1 Å². The van der Waals surface area contributed by atoms with Gasteiger partial charge in [-0.2, -0.15) is 0 Å². The quantitative estimate of drug-likeness (QED) is 0.798. The van der Waals surface area contributed by atoms with Gasteiger partial charge in [-0.15, -0.1) is 12.4 Å². The second kappa shape index (κ2) is 7.35. The Hall–Kier alpha value is -0.950. The van der Waals surface area contributed by atoms with Gasteiger partial charge in [-0.05, 0) is 37.5 Å². The molecule has 1 aromatic rings. The molecule has 0 aromatic heterocycles. The van der Waals surface area contributed by atoms with E-state index in [1.165, 1.54) is 0 Å². The first-order valence-corrected chi connectivity index (χ1v) is 9.48. The third kappa shape index (κ3) is 3.63. The van der Waals surface area contributed by atoms with Gasteiger partial charge in [0.25, 0.3) is 5.91 Å². The lowest BCUT2D eigenvalue weighted by atomic mass is 9.69. The molecule has 2 fully saturated rings. The van der Waals surface area contributed by atoms with Crippen molar-refractivity contribution in [2.75, 3.05) is 13.2 Å². The molecule has 3 aliphatic rings. The van der Waals surface area contributed by atoms with Gasteiger partial charge in [0.05, 0.1) is 18.8 Å². The van der Waals surface area contributed by atoms with E-state index in [0.29, 0.717) is 40.1 Å². The largest absolute Gasteiger partial charge is 0.379 e. The number of nitrogens with two attached hydrogens (primary N) is 1. The van der Waals surface area contributed by atoms with Gasteiger partial charge in [0.15, 0.2) is 5.17 Å². The zero-order valence-corrected chi connectivity index (χ0v) is 16.0. The molecule has 0 radical (unpaired) electrons. The number of rotatable bonds is 2. The average molecular weight is 402 g/mol. The van der Waals surface area contributed by atoms with Crippen LogP contribution in [-0.2, 0) is 4.74 Å². The molecule has 5 nitrogen and oxygen atoms in total. The second-order valence-electron chi connectivity index (χ2n) is 6.79. The lowest BCUT2D eigenvalue weighted by Gasteiger charge is -2.52. The number of benzene rings is 1. The molecule has 25 heavy (non-hydrogen) atoms. The molecule has 1 saturated heterocycles. The Balaban J connectivity index is 0.00000182. The summed E-state index contributed by atoms with van der Waals surface area (Å²) in [6, 6.07) is 7.21. The number of hydrogen-bond acceptors (Lipinski definition) is 5. The summed E-state index contributed by atoms with van der Waals surface area (Å²) >= 11 is 7.59. The number of amides is 1. The fourth-order valence-corrected chi connectivity index (χ4v) is 5.54. The minimum atomic E-state index is -0.185. The van der Waals surface area contributed by atoms with Gasteiger partial charge in [0, 0.05) is 27.8 Å². The number of amidine groups is 1. The van der Waals surface area contributed by atoms with Crippen LogP contribution in [0.25, 0.3) is 0 Å². The molecule has 1 amide bonds.